The molecule has 2 N–H and O–H groups in total. The van der Waals surface area contributed by atoms with E-state index >= 15 is 0 Å². The van der Waals surface area contributed by atoms with Crippen molar-refractivity contribution in [2.24, 2.45) is 0 Å². The predicted octanol–water partition coefficient (Wildman–Crippen LogP) is 3.67. The average molecular weight is 241 g/mol. The topological polar surface area (TPSA) is 35.2 Å². The molecule has 0 radical (unpaired) electrons. The highest BCUT2D eigenvalue weighted by molar-refractivity contribution is 5.39. The molecule has 0 aliphatic rings. The average Bonchev–Trinajstić information content (AvgIpc) is 2.42. The smallest absolute Gasteiger partial charge is 0.119 e. The lowest BCUT2D eigenvalue weighted by Gasteiger charge is -2.06. The van der Waals surface area contributed by atoms with Gasteiger partial charge in [-0.3, -0.25) is 0 Å². The number of unbranched alkanes of at least 4 members (excludes halogenated alkanes) is 1. The fourth-order valence-corrected chi connectivity index (χ4v) is 1.82. The van der Waals surface area contributed by atoms with E-state index < -0.39 is 0 Å². The Balaban J connectivity index is 1.63. The first kappa shape index (κ1) is 12.5. The molecule has 0 heterocycles. The third kappa shape index (κ3) is 4.13. The van der Waals surface area contributed by atoms with Gasteiger partial charge in [-0.15, -0.1) is 0 Å². The molecular weight excluding hydrogens is 222 g/mol. The summed E-state index contributed by atoms with van der Waals surface area (Å²) >= 11 is 0. The van der Waals surface area contributed by atoms with Crippen LogP contribution in [-0.4, -0.2) is 6.61 Å². The number of nitrogen functional groups attached to an aromatic ring is 1. The first-order chi connectivity index (χ1) is 8.84. The van der Waals surface area contributed by atoms with Crippen LogP contribution in [0.4, 0.5) is 5.69 Å². The van der Waals surface area contributed by atoms with Gasteiger partial charge in [0.2, 0.25) is 0 Å². The molecule has 2 aromatic carbocycles. The van der Waals surface area contributed by atoms with Crippen molar-refractivity contribution in [3.8, 4) is 5.75 Å². The Bertz CT molecular complexity index is 450. The lowest BCUT2D eigenvalue weighted by molar-refractivity contribution is 0.307. The first-order valence-electron chi connectivity index (χ1n) is 6.37. The lowest BCUT2D eigenvalue weighted by atomic mass is 10.1. The SMILES string of the molecule is Nc1ccc(CCCCOc2ccccc2)cc1. The third-order valence-electron chi connectivity index (χ3n) is 2.85. The summed E-state index contributed by atoms with van der Waals surface area (Å²) in [5, 5.41) is 0. The van der Waals surface area contributed by atoms with Crippen molar-refractivity contribution in [1.29, 1.82) is 0 Å². The second-order valence-electron chi connectivity index (χ2n) is 4.36. The Kier molecular flexibility index (Phi) is 4.65. The summed E-state index contributed by atoms with van der Waals surface area (Å²) < 4.78 is 5.64. The zero-order chi connectivity index (χ0) is 12.6. The summed E-state index contributed by atoms with van der Waals surface area (Å²) in [5.41, 5.74) is 7.81. The van der Waals surface area contributed by atoms with Gasteiger partial charge in [0, 0.05) is 5.69 Å². The van der Waals surface area contributed by atoms with Crippen molar-refractivity contribution < 1.29 is 4.74 Å². The highest BCUT2D eigenvalue weighted by Crippen LogP contribution is 2.11. The molecular formula is C16H19NO. The molecule has 0 atom stereocenters. The van der Waals surface area contributed by atoms with Crippen LogP contribution in [-0.2, 0) is 6.42 Å². The molecule has 0 saturated heterocycles. The largest absolute Gasteiger partial charge is 0.494 e. The Morgan fingerprint density at radius 1 is 0.833 bits per heavy atom. The van der Waals surface area contributed by atoms with Crippen LogP contribution < -0.4 is 10.5 Å². The fourth-order valence-electron chi connectivity index (χ4n) is 1.82. The van der Waals surface area contributed by atoms with Gasteiger partial charge in [-0.25, -0.2) is 0 Å². The highest BCUT2D eigenvalue weighted by atomic mass is 16.5. The monoisotopic (exact) mass is 241 g/mol. The van der Waals surface area contributed by atoms with E-state index in [9.17, 15) is 0 Å². The summed E-state index contributed by atoms with van der Waals surface area (Å²) in [6.07, 6.45) is 3.29. The molecule has 0 fully saturated rings. The number of hydrogen-bond donors (Lipinski definition) is 1. The van der Waals surface area contributed by atoms with Gasteiger partial charge in [0.15, 0.2) is 0 Å². The predicted molar refractivity (Wildman–Crippen MR) is 75.7 cm³/mol. The normalized spacial score (nSPS) is 10.2. The van der Waals surface area contributed by atoms with Gasteiger partial charge in [0.1, 0.15) is 5.75 Å². The molecule has 0 unspecified atom stereocenters. The van der Waals surface area contributed by atoms with E-state index in [-0.39, 0.29) is 0 Å². The zero-order valence-electron chi connectivity index (χ0n) is 10.5. The van der Waals surface area contributed by atoms with E-state index in [1.807, 2.05) is 42.5 Å². The molecule has 0 spiro atoms. The Morgan fingerprint density at radius 3 is 2.28 bits per heavy atom. The quantitative estimate of drug-likeness (QED) is 0.618. The van der Waals surface area contributed by atoms with Crippen molar-refractivity contribution in [1.82, 2.24) is 0 Å². The minimum atomic E-state index is 0.777. The Morgan fingerprint density at radius 2 is 1.56 bits per heavy atom. The van der Waals surface area contributed by atoms with Gasteiger partial charge in [0.05, 0.1) is 6.61 Å². The maximum absolute atomic E-state index is 5.65. The van der Waals surface area contributed by atoms with E-state index in [0.29, 0.717) is 0 Å². The molecule has 0 saturated carbocycles. The van der Waals surface area contributed by atoms with Crippen LogP contribution in [0.2, 0.25) is 0 Å². The minimum Gasteiger partial charge on any atom is -0.494 e. The maximum atomic E-state index is 5.65. The van der Waals surface area contributed by atoms with Crippen LogP contribution in [0.3, 0.4) is 0 Å². The third-order valence-corrected chi connectivity index (χ3v) is 2.85. The summed E-state index contributed by atoms with van der Waals surface area (Å²) in [6.45, 7) is 0.777. The summed E-state index contributed by atoms with van der Waals surface area (Å²) in [6, 6.07) is 18.0. The molecule has 2 heteroatoms. The van der Waals surface area contributed by atoms with Crippen LogP contribution in [0.15, 0.2) is 54.6 Å². The number of ether oxygens (including phenoxy) is 1. The van der Waals surface area contributed by atoms with Crippen molar-refractivity contribution in [2.45, 2.75) is 19.3 Å². The van der Waals surface area contributed by atoms with Crippen LogP contribution in [0.1, 0.15) is 18.4 Å². The van der Waals surface area contributed by atoms with Crippen LogP contribution in [0.25, 0.3) is 0 Å². The van der Waals surface area contributed by atoms with E-state index in [1.54, 1.807) is 0 Å². The van der Waals surface area contributed by atoms with Gasteiger partial charge in [0.25, 0.3) is 0 Å². The first-order valence-corrected chi connectivity index (χ1v) is 6.37. The van der Waals surface area contributed by atoms with Crippen molar-refractivity contribution >= 4 is 5.69 Å². The van der Waals surface area contributed by atoms with Gasteiger partial charge in [-0.1, -0.05) is 30.3 Å². The molecule has 2 rings (SSSR count). The van der Waals surface area contributed by atoms with Crippen LogP contribution in [0.5, 0.6) is 5.75 Å². The van der Waals surface area contributed by atoms with Gasteiger partial charge in [-0.2, -0.15) is 0 Å². The number of anilines is 1. The standard InChI is InChI=1S/C16H19NO/c17-15-11-9-14(10-12-15)6-4-5-13-18-16-7-2-1-3-8-16/h1-3,7-12H,4-6,13,17H2. The lowest BCUT2D eigenvalue weighted by Crippen LogP contribution is -1.98. The molecule has 2 nitrogen and oxygen atoms in total. The molecule has 0 bridgehead atoms. The van der Waals surface area contributed by atoms with Gasteiger partial charge >= 0.3 is 0 Å². The molecule has 2 aromatic rings. The minimum absolute atomic E-state index is 0.777. The number of aryl methyl sites for hydroxylation is 1. The van der Waals surface area contributed by atoms with Crippen LogP contribution >= 0.6 is 0 Å². The molecule has 0 aliphatic heterocycles. The Hall–Kier alpha value is -1.96. The van der Waals surface area contributed by atoms with E-state index in [1.165, 1.54) is 5.56 Å². The molecule has 0 amide bonds. The summed E-state index contributed by atoms with van der Waals surface area (Å²) in [4.78, 5) is 0. The maximum Gasteiger partial charge on any atom is 0.119 e. The number of rotatable bonds is 6. The number of hydrogen-bond acceptors (Lipinski definition) is 2. The van der Waals surface area contributed by atoms with E-state index in [2.05, 4.69) is 12.1 Å². The second-order valence-corrected chi connectivity index (χ2v) is 4.36. The van der Waals surface area contributed by atoms with Crippen molar-refractivity contribution in [3.05, 3.63) is 60.2 Å². The van der Waals surface area contributed by atoms with Crippen molar-refractivity contribution in [3.63, 3.8) is 0 Å². The van der Waals surface area contributed by atoms with Crippen molar-refractivity contribution in [2.75, 3.05) is 12.3 Å². The number of benzene rings is 2. The van der Waals surface area contributed by atoms with Gasteiger partial charge < -0.3 is 10.5 Å². The molecule has 0 aliphatic carbocycles. The molecule has 18 heavy (non-hydrogen) atoms. The second kappa shape index (κ2) is 6.70. The molecule has 0 aromatic heterocycles. The Labute approximate surface area is 108 Å². The van der Waals surface area contributed by atoms with Crippen LogP contribution in [0, 0.1) is 0 Å². The summed E-state index contributed by atoms with van der Waals surface area (Å²) in [5.74, 6) is 0.949. The highest BCUT2D eigenvalue weighted by Gasteiger charge is 1.95. The van der Waals surface area contributed by atoms with Gasteiger partial charge in [-0.05, 0) is 49.1 Å². The number of para-hydroxylation sites is 1. The van der Waals surface area contributed by atoms with E-state index in [0.717, 1.165) is 37.3 Å². The van der Waals surface area contributed by atoms with E-state index in [4.69, 9.17) is 10.5 Å². The zero-order valence-corrected chi connectivity index (χ0v) is 10.5. The molecule has 94 valence electrons. The fraction of sp³-hybridized carbons (Fsp3) is 0.250. The summed E-state index contributed by atoms with van der Waals surface area (Å²) in [7, 11) is 0. The number of nitrogens with two attached hydrogens (primary N) is 1.